The molecule has 1 heterocycles. The van der Waals surface area contributed by atoms with Crippen LogP contribution in [0.25, 0.3) is 6.08 Å². The van der Waals surface area contributed by atoms with Crippen molar-refractivity contribution in [3.63, 3.8) is 0 Å². The van der Waals surface area contributed by atoms with E-state index in [1.165, 1.54) is 36.0 Å². The van der Waals surface area contributed by atoms with E-state index in [2.05, 4.69) is 66.7 Å². The van der Waals surface area contributed by atoms with E-state index in [9.17, 15) is 5.11 Å². The fraction of sp³-hybridized carbons (Fsp3) is 0.462. The molecule has 2 saturated carbocycles. The van der Waals surface area contributed by atoms with Gasteiger partial charge in [-0.15, -0.1) is 0 Å². The van der Waals surface area contributed by atoms with E-state index in [1.807, 2.05) is 0 Å². The molecule has 1 aliphatic heterocycles. The number of fused-ring (bicyclic) bond motifs is 2. The molecular formula is C26H30O2. The summed E-state index contributed by atoms with van der Waals surface area (Å²) in [7, 11) is 0. The van der Waals surface area contributed by atoms with Gasteiger partial charge >= 0.3 is 0 Å². The van der Waals surface area contributed by atoms with Crippen LogP contribution in [0, 0.1) is 11.8 Å². The van der Waals surface area contributed by atoms with Crippen LogP contribution < -0.4 is 0 Å². The second-order valence-corrected chi connectivity index (χ2v) is 8.86. The zero-order valence-corrected chi connectivity index (χ0v) is 16.5. The van der Waals surface area contributed by atoms with Crippen molar-refractivity contribution in [1.82, 2.24) is 0 Å². The van der Waals surface area contributed by atoms with Gasteiger partial charge in [-0.05, 0) is 60.6 Å². The molecule has 0 radical (unpaired) electrons. The molecule has 3 fully saturated rings. The van der Waals surface area contributed by atoms with E-state index >= 15 is 0 Å². The molecular weight excluding hydrogens is 344 g/mol. The van der Waals surface area contributed by atoms with Gasteiger partial charge in [0.1, 0.15) is 0 Å². The Hall–Kier alpha value is -1.90. The molecule has 2 nitrogen and oxygen atoms in total. The maximum absolute atomic E-state index is 11.6. The first-order valence-electron chi connectivity index (χ1n) is 11.0. The molecule has 0 spiro atoms. The highest BCUT2D eigenvalue weighted by Gasteiger charge is 2.55. The van der Waals surface area contributed by atoms with Crippen molar-refractivity contribution in [2.45, 2.75) is 62.8 Å². The number of rotatable bonds is 2. The van der Waals surface area contributed by atoms with E-state index in [1.54, 1.807) is 0 Å². The highest BCUT2D eigenvalue weighted by atomic mass is 16.6. The Kier molecular flexibility index (Phi) is 4.86. The van der Waals surface area contributed by atoms with Gasteiger partial charge in [-0.3, -0.25) is 0 Å². The number of hydrogen-bond acceptors (Lipinski definition) is 2. The van der Waals surface area contributed by atoms with Crippen molar-refractivity contribution >= 4 is 6.08 Å². The minimum atomic E-state index is -0.979. The van der Waals surface area contributed by atoms with Gasteiger partial charge < -0.3 is 9.84 Å². The SMILES string of the molecule is OC12CCCCC1C(c1ccccc1)C1CCCC(=Cc3ccccc3)C1O2. The van der Waals surface area contributed by atoms with Gasteiger partial charge in [0.2, 0.25) is 0 Å². The van der Waals surface area contributed by atoms with Crippen molar-refractivity contribution < 1.29 is 9.84 Å². The molecule has 1 saturated heterocycles. The van der Waals surface area contributed by atoms with E-state index < -0.39 is 5.79 Å². The summed E-state index contributed by atoms with van der Waals surface area (Å²) in [5.74, 6) is 0.0627. The standard InChI is InChI=1S/C26H30O2/c27-26-17-8-7-16-23(26)24(20-12-5-2-6-13-20)22-15-9-14-21(25(22)28-26)18-19-10-3-1-4-11-19/h1-6,10-13,18,22-25,27H,7-9,14-17H2. The van der Waals surface area contributed by atoms with Crippen LogP contribution in [-0.2, 0) is 4.74 Å². The Morgan fingerprint density at radius 2 is 1.64 bits per heavy atom. The Morgan fingerprint density at radius 1 is 0.893 bits per heavy atom. The molecule has 0 aromatic heterocycles. The normalized spacial score (nSPS) is 36.5. The smallest absolute Gasteiger partial charge is 0.169 e. The molecule has 146 valence electrons. The first-order chi connectivity index (χ1) is 13.7. The molecule has 0 bridgehead atoms. The van der Waals surface area contributed by atoms with Gasteiger partial charge in [-0.1, -0.05) is 73.2 Å². The molecule has 28 heavy (non-hydrogen) atoms. The minimum Gasteiger partial charge on any atom is -0.365 e. The summed E-state index contributed by atoms with van der Waals surface area (Å²) in [6.45, 7) is 0. The Bertz CT molecular complexity index is 828. The van der Waals surface area contributed by atoms with Gasteiger partial charge in [-0.25, -0.2) is 0 Å². The third-order valence-corrected chi connectivity index (χ3v) is 7.20. The van der Waals surface area contributed by atoms with Crippen LogP contribution >= 0.6 is 0 Å². The molecule has 2 heteroatoms. The zero-order valence-electron chi connectivity index (χ0n) is 16.5. The summed E-state index contributed by atoms with van der Waals surface area (Å²) in [5.41, 5.74) is 3.98. The van der Waals surface area contributed by atoms with Crippen LogP contribution in [0.5, 0.6) is 0 Å². The average molecular weight is 375 g/mol. The van der Waals surface area contributed by atoms with E-state index in [-0.39, 0.29) is 12.0 Å². The molecule has 2 aliphatic carbocycles. The number of benzene rings is 2. The second kappa shape index (κ2) is 7.50. The number of hydrogen-bond donors (Lipinski definition) is 1. The summed E-state index contributed by atoms with van der Waals surface area (Å²) >= 11 is 0. The van der Waals surface area contributed by atoms with Crippen molar-refractivity contribution in [2.24, 2.45) is 11.8 Å². The largest absolute Gasteiger partial charge is 0.365 e. The Labute approximate surface area is 168 Å². The molecule has 0 amide bonds. The molecule has 3 aliphatic rings. The highest BCUT2D eigenvalue weighted by Crippen LogP contribution is 2.56. The molecule has 2 aromatic rings. The summed E-state index contributed by atoms with van der Waals surface area (Å²) in [6, 6.07) is 21.5. The summed E-state index contributed by atoms with van der Waals surface area (Å²) in [5, 5.41) is 11.6. The highest BCUT2D eigenvalue weighted by molar-refractivity contribution is 5.54. The molecule has 5 rings (SSSR count). The first-order valence-corrected chi connectivity index (χ1v) is 11.0. The molecule has 2 aromatic carbocycles. The van der Waals surface area contributed by atoms with Gasteiger partial charge in [0.15, 0.2) is 5.79 Å². The average Bonchev–Trinajstić information content (AvgIpc) is 2.73. The van der Waals surface area contributed by atoms with Gasteiger partial charge in [0.05, 0.1) is 6.10 Å². The number of aliphatic hydroxyl groups is 1. The van der Waals surface area contributed by atoms with Crippen molar-refractivity contribution in [1.29, 1.82) is 0 Å². The van der Waals surface area contributed by atoms with Crippen LogP contribution in [-0.4, -0.2) is 17.0 Å². The fourth-order valence-electron chi connectivity index (χ4n) is 5.99. The lowest BCUT2D eigenvalue weighted by Gasteiger charge is -2.55. The van der Waals surface area contributed by atoms with Crippen LogP contribution in [0.2, 0.25) is 0 Å². The van der Waals surface area contributed by atoms with E-state index in [4.69, 9.17) is 4.74 Å². The first kappa shape index (κ1) is 18.1. The van der Waals surface area contributed by atoms with Crippen molar-refractivity contribution in [3.8, 4) is 0 Å². The lowest BCUT2D eigenvalue weighted by Crippen LogP contribution is -2.57. The predicted octanol–water partition coefficient (Wildman–Crippen LogP) is 5.93. The maximum atomic E-state index is 11.6. The van der Waals surface area contributed by atoms with Crippen LogP contribution in [0.1, 0.15) is 62.0 Å². The van der Waals surface area contributed by atoms with Crippen molar-refractivity contribution in [2.75, 3.05) is 0 Å². The van der Waals surface area contributed by atoms with E-state index in [0.29, 0.717) is 11.8 Å². The topological polar surface area (TPSA) is 29.5 Å². The predicted molar refractivity (Wildman–Crippen MR) is 113 cm³/mol. The summed E-state index contributed by atoms with van der Waals surface area (Å²) in [4.78, 5) is 0. The Balaban J connectivity index is 1.57. The molecule has 5 atom stereocenters. The fourth-order valence-corrected chi connectivity index (χ4v) is 5.99. The summed E-state index contributed by atoms with van der Waals surface area (Å²) in [6.07, 6.45) is 9.89. The third-order valence-electron chi connectivity index (χ3n) is 7.20. The number of ether oxygens (including phenoxy) is 1. The molecule has 5 unspecified atom stereocenters. The zero-order chi connectivity index (χ0) is 19.0. The van der Waals surface area contributed by atoms with Gasteiger partial charge in [-0.2, -0.15) is 0 Å². The third kappa shape index (κ3) is 3.23. The Morgan fingerprint density at radius 3 is 2.43 bits per heavy atom. The lowest BCUT2D eigenvalue weighted by atomic mass is 9.61. The lowest BCUT2D eigenvalue weighted by molar-refractivity contribution is -0.310. The maximum Gasteiger partial charge on any atom is 0.169 e. The molecule has 1 N–H and O–H groups in total. The van der Waals surface area contributed by atoms with Crippen LogP contribution in [0.3, 0.4) is 0 Å². The van der Waals surface area contributed by atoms with Gasteiger partial charge in [0.25, 0.3) is 0 Å². The summed E-state index contributed by atoms with van der Waals surface area (Å²) < 4.78 is 6.61. The van der Waals surface area contributed by atoms with E-state index in [0.717, 1.165) is 25.7 Å². The van der Waals surface area contributed by atoms with Crippen LogP contribution in [0.4, 0.5) is 0 Å². The minimum absolute atomic E-state index is 0.0264. The quantitative estimate of drug-likeness (QED) is 0.706. The van der Waals surface area contributed by atoms with Gasteiger partial charge in [0, 0.05) is 12.3 Å². The second-order valence-electron chi connectivity index (χ2n) is 8.86. The van der Waals surface area contributed by atoms with Crippen LogP contribution in [0.15, 0.2) is 66.2 Å². The monoisotopic (exact) mass is 374 g/mol. The van der Waals surface area contributed by atoms with Crippen molar-refractivity contribution in [3.05, 3.63) is 77.4 Å².